The lowest BCUT2D eigenvalue weighted by atomic mass is 9.78. The molecule has 0 saturated carbocycles. The highest BCUT2D eigenvalue weighted by atomic mass is 19.1. The molecule has 3 heteroatoms. The Kier molecular flexibility index (Phi) is 3.80. The molecule has 1 amide bonds. The summed E-state index contributed by atoms with van der Waals surface area (Å²) in [5.41, 5.74) is 1.40. The van der Waals surface area contributed by atoms with Gasteiger partial charge in [0.2, 0.25) is 0 Å². The van der Waals surface area contributed by atoms with E-state index in [2.05, 4.69) is 11.9 Å². The van der Waals surface area contributed by atoms with Crippen LogP contribution in [0.4, 0.5) is 4.39 Å². The van der Waals surface area contributed by atoms with Crippen LogP contribution in [0.15, 0.2) is 61.2 Å². The number of hydrogen-bond acceptors (Lipinski definition) is 1. The Morgan fingerprint density at radius 3 is 2.59 bits per heavy atom. The number of rotatable bonds is 3. The smallest absolute Gasteiger partial charge is 0.251 e. The molecule has 0 saturated heterocycles. The molecule has 0 fully saturated rings. The Bertz CT molecular complexity index is 710. The maximum atomic E-state index is 15.2. The molecule has 1 aliphatic rings. The molecule has 0 radical (unpaired) electrons. The highest BCUT2D eigenvalue weighted by Gasteiger charge is 2.38. The zero-order valence-corrected chi connectivity index (χ0v) is 12.3. The van der Waals surface area contributed by atoms with Crippen molar-refractivity contribution in [1.29, 1.82) is 0 Å². The van der Waals surface area contributed by atoms with Gasteiger partial charge in [-0.15, -0.1) is 0 Å². The molecule has 1 atom stereocenters. The molecule has 2 aromatic rings. The van der Waals surface area contributed by atoms with Gasteiger partial charge in [0.05, 0.1) is 6.54 Å². The lowest BCUT2D eigenvalue weighted by Crippen LogP contribution is -2.42. The first-order valence-electron chi connectivity index (χ1n) is 7.40. The van der Waals surface area contributed by atoms with E-state index in [1.165, 1.54) is 0 Å². The van der Waals surface area contributed by atoms with Gasteiger partial charge in [-0.05, 0) is 41.7 Å². The average Bonchev–Trinajstić information content (AvgIpc) is 2.57. The van der Waals surface area contributed by atoms with E-state index in [1.54, 1.807) is 24.3 Å². The number of carbonyl (C=O) groups is 1. The number of hydrogen-bond donors (Lipinski definition) is 1. The van der Waals surface area contributed by atoms with Gasteiger partial charge in [-0.3, -0.25) is 4.79 Å². The Morgan fingerprint density at radius 2 is 1.82 bits per heavy atom. The van der Waals surface area contributed by atoms with Crippen molar-refractivity contribution in [3.63, 3.8) is 0 Å². The molecule has 0 spiro atoms. The van der Waals surface area contributed by atoms with Crippen molar-refractivity contribution < 1.29 is 9.18 Å². The third-order valence-corrected chi connectivity index (χ3v) is 4.24. The summed E-state index contributed by atoms with van der Waals surface area (Å²) in [6.45, 7) is 3.89. The first kappa shape index (κ1) is 14.5. The van der Waals surface area contributed by atoms with Crippen molar-refractivity contribution in [2.24, 2.45) is 0 Å². The van der Waals surface area contributed by atoms with Crippen molar-refractivity contribution >= 4 is 11.5 Å². The Hall–Kier alpha value is -2.42. The van der Waals surface area contributed by atoms with Crippen LogP contribution in [0.25, 0.3) is 5.57 Å². The first-order valence-corrected chi connectivity index (χ1v) is 7.40. The summed E-state index contributed by atoms with van der Waals surface area (Å²) in [4.78, 5) is 12.1. The van der Waals surface area contributed by atoms with Crippen molar-refractivity contribution in [1.82, 2.24) is 5.32 Å². The third kappa shape index (κ3) is 2.67. The predicted octanol–water partition coefficient (Wildman–Crippen LogP) is 3.78. The van der Waals surface area contributed by atoms with Gasteiger partial charge in [0, 0.05) is 5.56 Å². The van der Waals surface area contributed by atoms with Crippen LogP contribution in [0.3, 0.4) is 0 Å². The van der Waals surface area contributed by atoms with Gasteiger partial charge in [0.15, 0.2) is 5.67 Å². The van der Waals surface area contributed by atoms with E-state index in [-0.39, 0.29) is 12.5 Å². The molecule has 0 unspecified atom stereocenters. The normalized spacial score (nSPS) is 20.3. The fourth-order valence-electron chi connectivity index (χ4n) is 2.86. The molecule has 0 bridgehead atoms. The number of alkyl halides is 1. The monoisotopic (exact) mass is 295 g/mol. The lowest BCUT2D eigenvalue weighted by Gasteiger charge is -2.33. The van der Waals surface area contributed by atoms with E-state index in [0.717, 1.165) is 11.1 Å². The van der Waals surface area contributed by atoms with Crippen LogP contribution in [-0.4, -0.2) is 18.1 Å². The summed E-state index contributed by atoms with van der Waals surface area (Å²) < 4.78 is 15.2. The van der Waals surface area contributed by atoms with Crippen LogP contribution in [0, 0.1) is 0 Å². The van der Waals surface area contributed by atoms with E-state index in [4.69, 9.17) is 0 Å². The quantitative estimate of drug-likeness (QED) is 0.917. The number of aryl methyl sites for hydroxylation is 1. The molecular formula is C19H18FNO. The molecule has 0 aliphatic heterocycles. The molecule has 0 heterocycles. The Balaban J connectivity index is 1.73. The minimum atomic E-state index is -1.58. The number of fused-ring (bicyclic) bond motifs is 1. The van der Waals surface area contributed by atoms with Gasteiger partial charge < -0.3 is 5.32 Å². The second-order valence-electron chi connectivity index (χ2n) is 5.65. The maximum absolute atomic E-state index is 15.2. The summed E-state index contributed by atoms with van der Waals surface area (Å²) >= 11 is 0. The molecule has 22 heavy (non-hydrogen) atoms. The summed E-state index contributed by atoms with van der Waals surface area (Å²) in [6, 6.07) is 16.6. The fourth-order valence-corrected chi connectivity index (χ4v) is 2.86. The third-order valence-electron chi connectivity index (χ3n) is 4.24. The standard InChI is InChI=1S/C19H18FNO/c1-14-17-10-6-5-7-15(17)11-12-19(14,20)13-21-18(22)16-8-3-2-4-9-16/h2-10H,1,11-13H2,(H,21,22)/t19-/m1/s1. The SMILES string of the molecule is C=C1c2ccccc2CC[C@@]1(F)CNC(=O)c1ccccc1. The number of carbonyl (C=O) groups excluding carboxylic acids is 1. The Morgan fingerprint density at radius 1 is 1.14 bits per heavy atom. The second-order valence-corrected chi connectivity index (χ2v) is 5.65. The first-order chi connectivity index (χ1) is 10.6. The molecule has 1 N–H and O–H groups in total. The molecule has 2 nitrogen and oxygen atoms in total. The zero-order chi connectivity index (χ0) is 15.6. The zero-order valence-electron chi connectivity index (χ0n) is 12.3. The molecule has 1 aliphatic carbocycles. The highest BCUT2D eigenvalue weighted by molar-refractivity contribution is 5.94. The molecule has 112 valence electrons. The molecule has 3 rings (SSSR count). The number of amides is 1. The predicted molar refractivity (Wildman–Crippen MR) is 86.4 cm³/mol. The summed E-state index contributed by atoms with van der Waals surface area (Å²) in [6.07, 6.45) is 1.00. The van der Waals surface area contributed by atoms with Crippen molar-refractivity contribution in [2.75, 3.05) is 6.54 Å². The van der Waals surface area contributed by atoms with Crippen LogP contribution in [0.2, 0.25) is 0 Å². The van der Waals surface area contributed by atoms with E-state index >= 15 is 4.39 Å². The second kappa shape index (κ2) is 5.76. The molecular weight excluding hydrogens is 277 g/mol. The summed E-state index contributed by atoms with van der Waals surface area (Å²) in [5, 5.41) is 2.70. The van der Waals surface area contributed by atoms with Gasteiger partial charge in [0.25, 0.3) is 5.91 Å². The highest BCUT2D eigenvalue weighted by Crippen LogP contribution is 2.39. The molecule has 0 aromatic heterocycles. The van der Waals surface area contributed by atoms with Crippen LogP contribution in [0.1, 0.15) is 27.9 Å². The number of nitrogens with one attached hydrogen (secondary N) is 1. The minimum absolute atomic E-state index is 0.0477. The maximum Gasteiger partial charge on any atom is 0.251 e. The Labute approximate surface area is 129 Å². The van der Waals surface area contributed by atoms with Gasteiger partial charge >= 0.3 is 0 Å². The van der Waals surface area contributed by atoms with Crippen LogP contribution in [-0.2, 0) is 6.42 Å². The van der Waals surface area contributed by atoms with Gasteiger partial charge in [-0.1, -0.05) is 49.0 Å². The van der Waals surface area contributed by atoms with E-state index in [1.807, 2.05) is 30.3 Å². The molecule has 2 aromatic carbocycles. The van der Waals surface area contributed by atoms with Crippen LogP contribution in [0.5, 0.6) is 0 Å². The van der Waals surface area contributed by atoms with Gasteiger partial charge in [-0.2, -0.15) is 0 Å². The summed E-state index contributed by atoms with van der Waals surface area (Å²) in [7, 11) is 0. The van der Waals surface area contributed by atoms with Crippen LogP contribution >= 0.6 is 0 Å². The minimum Gasteiger partial charge on any atom is -0.348 e. The largest absolute Gasteiger partial charge is 0.348 e. The lowest BCUT2D eigenvalue weighted by molar-refractivity contribution is 0.0924. The fraction of sp³-hybridized carbons (Fsp3) is 0.211. The van der Waals surface area contributed by atoms with E-state index in [9.17, 15) is 4.79 Å². The number of halogens is 1. The van der Waals surface area contributed by atoms with Gasteiger partial charge in [-0.25, -0.2) is 4.39 Å². The van der Waals surface area contributed by atoms with Crippen LogP contribution < -0.4 is 5.32 Å². The number of benzene rings is 2. The summed E-state index contributed by atoms with van der Waals surface area (Å²) in [5.74, 6) is -0.260. The van der Waals surface area contributed by atoms with Gasteiger partial charge in [0.1, 0.15) is 0 Å². The van der Waals surface area contributed by atoms with Crippen molar-refractivity contribution in [3.8, 4) is 0 Å². The van der Waals surface area contributed by atoms with E-state index in [0.29, 0.717) is 24.0 Å². The topological polar surface area (TPSA) is 29.1 Å². The van der Waals surface area contributed by atoms with Crippen molar-refractivity contribution in [2.45, 2.75) is 18.5 Å². The van der Waals surface area contributed by atoms with Crippen molar-refractivity contribution in [3.05, 3.63) is 77.9 Å². The van der Waals surface area contributed by atoms with E-state index < -0.39 is 5.67 Å². The average molecular weight is 295 g/mol.